The number of para-hydroxylation sites is 1. The highest BCUT2D eigenvalue weighted by Crippen LogP contribution is 2.25. The topological polar surface area (TPSA) is 64.3 Å². The molecule has 0 radical (unpaired) electrons. The SMILES string of the molecule is COc1cccc(C(=O)N[C@H](C)c2ccccc2)c1N. The molecule has 0 aliphatic carbocycles. The molecule has 0 unspecified atom stereocenters. The van der Waals surface area contributed by atoms with Gasteiger partial charge in [0.1, 0.15) is 5.75 Å². The average molecular weight is 270 g/mol. The molecule has 0 saturated heterocycles. The number of hydrogen-bond donors (Lipinski definition) is 2. The van der Waals surface area contributed by atoms with Gasteiger partial charge in [0.25, 0.3) is 5.91 Å². The van der Waals surface area contributed by atoms with Crippen molar-refractivity contribution in [2.45, 2.75) is 13.0 Å². The van der Waals surface area contributed by atoms with E-state index in [-0.39, 0.29) is 11.9 Å². The van der Waals surface area contributed by atoms with Crippen molar-refractivity contribution in [3.05, 3.63) is 59.7 Å². The van der Waals surface area contributed by atoms with Crippen LogP contribution in [0.4, 0.5) is 5.69 Å². The maximum Gasteiger partial charge on any atom is 0.253 e. The fourth-order valence-electron chi connectivity index (χ4n) is 2.02. The van der Waals surface area contributed by atoms with E-state index in [1.807, 2.05) is 37.3 Å². The van der Waals surface area contributed by atoms with E-state index in [2.05, 4.69) is 5.32 Å². The predicted octanol–water partition coefficient (Wildman–Crippen LogP) is 2.77. The predicted molar refractivity (Wildman–Crippen MR) is 79.7 cm³/mol. The highest BCUT2D eigenvalue weighted by molar-refractivity contribution is 6.00. The molecule has 0 aliphatic rings. The van der Waals surface area contributed by atoms with Crippen LogP contribution in [0.25, 0.3) is 0 Å². The summed E-state index contributed by atoms with van der Waals surface area (Å²) < 4.78 is 5.12. The first-order chi connectivity index (χ1) is 9.63. The standard InChI is InChI=1S/C16H18N2O2/c1-11(12-7-4-3-5-8-12)18-16(19)13-9-6-10-14(20-2)15(13)17/h3-11H,17H2,1-2H3,(H,18,19)/t11-/m1/s1. The van der Waals surface area contributed by atoms with Gasteiger partial charge >= 0.3 is 0 Å². The number of methoxy groups -OCH3 is 1. The van der Waals surface area contributed by atoms with Gasteiger partial charge in [-0.15, -0.1) is 0 Å². The summed E-state index contributed by atoms with van der Waals surface area (Å²) in [5.41, 5.74) is 7.74. The normalized spacial score (nSPS) is 11.7. The summed E-state index contributed by atoms with van der Waals surface area (Å²) >= 11 is 0. The lowest BCUT2D eigenvalue weighted by Gasteiger charge is -2.16. The minimum atomic E-state index is -0.210. The van der Waals surface area contributed by atoms with Crippen LogP contribution < -0.4 is 15.8 Å². The molecule has 1 atom stereocenters. The average Bonchev–Trinajstić information content (AvgIpc) is 2.48. The van der Waals surface area contributed by atoms with E-state index in [0.29, 0.717) is 17.0 Å². The number of hydrogen-bond acceptors (Lipinski definition) is 3. The lowest BCUT2D eigenvalue weighted by Crippen LogP contribution is -2.27. The summed E-state index contributed by atoms with van der Waals surface area (Å²) in [4.78, 5) is 12.3. The van der Waals surface area contributed by atoms with Gasteiger partial charge in [0.05, 0.1) is 24.4 Å². The van der Waals surface area contributed by atoms with Crippen molar-refractivity contribution in [2.24, 2.45) is 0 Å². The van der Waals surface area contributed by atoms with Gasteiger partial charge < -0.3 is 15.8 Å². The molecule has 0 heterocycles. The molecule has 2 aromatic carbocycles. The van der Waals surface area contributed by atoms with Gasteiger partial charge in [-0.05, 0) is 24.6 Å². The Hall–Kier alpha value is -2.49. The third-order valence-electron chi connectivity index (χ3n) is 3.18. The number of nitrogens with one attached hydrogen (secondary N) is 1. The summed E-state index contributed by atoms with van der Waals surface area (Å²) in [5, 5.41) is 2.93. The maximum atomic E-state index is 12.3. The van der Waals surface area contributed by atoms with Crippen molar-refractivity contribution in [1.82, 2.24) is 5.32 Å². The van der Waals surface area contributed by atoms with E-state index < -0.39 is 0 Å². The van der Waals surface area contributed by atoms with Crippen LogP contribution in [0.1, 0.15) is 28.9 Å². The van der Waals surface area contributed by atoms with Crippen LogP contribution in [0.5, 0.6) is 5.75 Å². The largest absolute Gasteiger partial charge is 0.495 e. The Morgan fingerprint density at radius 2 is 1.85 bits per heavy atom. The molecule has 0 fully saturated rings. The number of amides is 1. The molecule has 3 N–H and O–H groups in total. The summed E-state index contributed by atoms with van der Waals surface area (Å²) in [6, 6.07) is 14.8. The molecule has 0 saturated carbocycles. The lowest BCUT2D eigenvalue weighted by atomic mass is 10.1. The van der Waals surface area contributed by atoms with Gasteiger partial charge in [-0.25, -0.2) is 0 Å². The Balaban J connectivity index is 2.17. The summed E-state index contributed by atoms with van der Waals surface area (Å²) in [6.45, 7) is 1.93. The molecule has 104 valence electrons. The van der Waals surface area contributed by atoms with E-state index in [1.165, 1.54) is 7.11 Å². The molecule has 4 nitrogen and oxygen atoms in total. The van der Waals surface area contributed by atoms with Crippen molar-refractivity contribution in [1.29, 1.82) is 0 Å². The second kappa shape index (κ2) is 6.10. The number of rotatable bonds is 4. The minimum absolute atomic E-state index is 0.0886. The number of carbonyl (C=O) groups is 1. The number of ether oxygens (including phenoxy) is 1. The summed E-state index contributed by atoms with van der Waals surface area (Å²) in [5.74, 6) is 0.294. The first kappa shape index (κ1) is 13.9. The highest BCUT2D eigenvalue weighted by atomic mass is 16.5. The van der Waals surface area contributed by atoms with Crippen molar-refractivity contribution < 1.29 is 9.53 Å². The van der Waals surface area contributed by atoms with Crippen LogP contribution in [-0.4, -0.2) is 13.0 Å². The Morgan fingerprint density at radius 3 is 2.50 bits per heavy atom. The number of nitrogens with two attached hydrogens (primary N) is 1. The molecule has 0 aromatic heterocycles. The molecule has 0 spiro atoms. The number of anilines is 1. The van der Waals surface area contributed by atoms with Crippen molar-refractivity contribution in [2.75, 3.05) is 12.8 Å². The van der Waals surface area contributed by atoms with Crippen molar-refractivity contribution >= 4 is 11.6 Å². The number of benzene rings is 2. The Morgan fingerprint density at radius 1 is 1.15 bits per heavy atom. The molecule has 2 aromatic rings. The monoisotopic (exact) mass is 270 g/mol. The van der Waals surface area contributed by atoms with Crippen LogP contribution in [0.2, 0.25) is 0 Å². The van der Waals surface area contributed by atoms with Gasteiger partial charge in [0.15, 0.2) is 0 Å². The third kappa shape index (κ3) is 2.91. The van der Waals surface area contributed by atoms with Crippen molar-refractivity contribution in [3.63, 3.8) is 0 Å². The van der Waals surface area contributed by atoms with Crippen LogP contribution >= 0.6 is 0 Å². The first-order valence-electron chi connectivity index (χ1n) is 6.41. The molecular weight excluding hydrogens is 252 g/mol. The first-order valence-corrected chi connectivity index (χ1v) is 6.41. The lowest BCUT2D eigenvalue weighted by molar-refractivity contribution is 0.0940. The van der Waals surface area contributed by atoms with E-state index in [4.69, 9.17) is 10.5 Å². The third-order valence-corrected chi connectivity index (χ3v) is 3.18. The number of nitrogen functional groups attached to an aromatic ring is 1. The van der Waals surface area contributed by atoms with Crippen LogP contribution in [0.3, 0.4) is 0 Å². The molecule has 1 amide bonds. The molecule has 0 bridgehead atoms. The van der Waals surface area contributed by atoms with Gasteiger partial charge in [-0.1, -0.05) is 36.4 Å². The van der Waals surface area contributed by atoms with E-state index in [0.717, 1.165) is 5.56 Å². The second-order valence-corrected chi connectivity index (χ2v) is 4.53. The fourth-order valence-corrected chi connectivity index (χ4v) is 2.02. The minimum Gasteiger partial charge on any atom is -0.495 e. The quantitative estimate of drug-likeness (QED) is 0.840. The molecule has 0 aliphatic heterocycles. The van der Waals surface area contributed by atoms with Gasteiger partial charge in [-0.2, -0.15) is 0 Å². The zero-order valence-corrected chi connectivity index (χ0v) is 11.6. The summed E-state index contributed by atoms with van der Waals surface area (Å²) in [7, 11) is 1.53. The van der Waals surface area contributed by atoms with E-state index in [9.17, 15) is 4.79 Å². The van der Waals surface area contributed by atoms with Crippen molar-refractivity contribution in [3.8, 4) is 5.75 Å². The molecular formula is C16H18N2O2. The van der Waals surface area contributed by atoms with Gasteiger partial charge in [0, 0.05) is 0 Å². The maximum absolute atomic E-state index is 12.3. The summed E-state index contributed by atoms with van der Waals surface area (Å²) in [6.07, 6.45) is 0. The van der Waals surface area contributed by atoms with Crippen LogP contribution in [-0.2, 0) is 0 Å². The van der Waals surface area contributed by atoms with Gasteiger partial charge in [-0.3, -0.25) is 4.79 Å². The van der Waals surface area contributed by atoms with E-state index >= 15 is 0 Å². The molecule has 2 rings (SSSR count). The van der Waals surface area contributed by atoms with E-state index in [1.54, 1.807) is 18.2 Å². The smallest absolute Gasteiger partial charge is 0.253 e. The van der Waals surface area contributed by atoms with Gasteiger partial charge in [0.2, 0.25) is 0 Å². The Bertz CT molecular complexity index is 597. The van der Waals surface area contributed by atoms with Crippen LogP contribution in [0, 0.1) is 0 Å². The molecule has 20 heavy (non-hydrogen) atoms. The Kier molecular flexibility index (Phi) is 4.25. The Labute approximate surface area is 118 Å². The molecule has 4 heteroatoms. The fraction of sp³-hybridized carbons (Fsp3) is 0.188. The zero-order chi connectivity index (χ0) is 14.5. The number of carbonyl (C=O) groups excluding carboxylic acids is 1. The second-order valence-electron chi connectivity index (χ2n) is 4.53. The van der Waals surface area contributed by atoms with Crippen LogP contribution in [0.15, 0.2) is 48.5 Å². The zero-order valence-electron chi connectivity index (χ0n) is 11.6. The highest BCUT2D eigenvalue weighted by Gasteiger charge is 2.15.